The quantitative estimate of drug-likeness (QED) is 0.484. The average Bonchev–Trinajstić information content (AvgIpc) is 2.91. The number of thiophene rings is 1. The zero-order valence-corrected chi connectivity index (χ0v) is 11.9. The zero-order chi connectivity index (χ0) is 15.4. The summed E-state index contributed by atoms with van der Waals surface area (Å²) < 4.78 is 5.90. The van der Waals surface area contributed by atoms with Gasteiger partial charge in [0.25, 0.3) is 5.56 Å². The molecule has 0 spiro atoms. The molecule has 0 amide bonds. The van der Waals surface area contributed by atoms with Crippen molar-refractivity contribution < 1.29 is 20.1 Å². The lowest BCUT2D eigenvalue weighted by atomic mass is 9.89. The number of fused-ring (bicyclic) bond motifs is 1. The minimum absolute atomic E-state index is 0.0379. The molecule has 0 bridgehead atoms. The molecule has 3 rings (SSSR count). The van der Waals surface area contributed by atoms with Crippen molar-refractivity contribution in [3.8, 4) is 0 Å². The number of nitrogen functional groups attached to an aromatic ring is 1. The van der Waals surface area contributed by atoms with E-state index in [-0.39, 0.29) is 11.5 Å². The molecular weight excluding hydrogens is 298 g/mol. The summed E-state index contributed by atoms with van der Waals surface area (Å²) in [5.41, 5.74) is 4.36. The number of aromatic nitrogens is 2. The molecule has 3 heterocycles. The van der Waals surface area contributed by atoms with Crippen molar-refractivity contribution in [2.45, 2.75) is 30.8 Å². The summed E-state index contributed by atoms with van der Waals surface area (Å²) in [4.78, 5) is 18.3. The fourth-order valence-corrected chi connectivity index (χ4v) is 3.51. The van der Waals surface area contributed by atoms with E-state index in [2.05, 4.69) is 9.97 Å². The number of nitrogens with one attached hydrogen (secondary N) is 1. The van der Waals surface area contributed by atoms with Crippen LogP contribution in [0.5, 0.6) is 0 Å². The van der Waals surface area contributed by atoms with Crippen LogP contribution in [0.3, 0.4) is 0 Å². The highest BCUT2D eigenvalue weighted by Crippen LogP contribution is 2.44. The smallest absolute Gasteiger partial charge is 0.270 e. The number of anilines is 1. The predicted octanol–water partition coefficient (Wildman–Crippen LogP) is -0.889. The zero-order valence-electron chi connectivity index (χ0n) is 11.1. The van der Waals surface area contributed by atoms with Gasteiger partial charge in [-0.25, -0.2) is 4.98 Å². The van der Waals surface area contributed by atoms with Crippen molar-refractivity contribution in [1.82, 2.24) is 9.97 Å². The SMILES string of the molecule is C[C@]1(O)[C@H](O)[C@@H](CO)O[C@H]1c1csc2c(=O)[nH]c(N)nc12. The van der Waals surface area contributed by atoms with Gasteiger partial charge in [0.2, 0.25) is 5.95 Å². The Morgan fingerprint density at radius 1 is 1.62 bits per heavy atom. The third-order valence-electron chi connectivity index (χ3n) is 3.73. The molecule has 1 aliphatic rings. The average molecular weight is 313 g/mol. The molecular formula is C12H15N3O5S. The molecule has 114 valence electrons. The van der Waals surface area contributed by atoms with E-state index in [4.69, 9.17) is 10.5 Å². The maximum atomic E-state index is 11.8. The van der Waals surface area contributed by atoms with Crippen molar-refractivity contribution in [3.05, 3.63) is 21.3 Å². The van der Waals surface area contributed by atoms with Gasteiger partial charge in [-0.2, -0.15) is 0 Å². The lowest BCUT2D eigenvalue weighted by Crippen LogP contribution is -2.42. The van der Waals surface area contributed by atoms with Gasteiger partial charge in [-0.05, 0) is 12.3 Å². The Morgan fingerprint density at radius 3 is 2.95 bits per heavy atom. The molecule has 6 N–H and O–H groups in total. The van der Waals surface area contributed by atoms with E-state index in [1.807, 2.05) is 0 Å². The molecule has 1 aliphatic heterocycles. The molecule has 0 aromatic carbocycles. The molecule has 1 fully saturated rings. The van der Waals surface area contributed by atoms with Crippen LogP contribution in [-0.2, 0) is 4.74 Å². The lowest BCUT2D eigenvalue weighted by Gasteiger charge is -2.26. The van der Waals surface area contributed by atoms with Crippen LogP contribution in [0.2, 0.25) is 0 Å². The third kappa shape index (κ3) is 2.05. The van der Waals surface area contributed by atoms with E-state index in [1.54, 1.807) is 5.38 Å². The second kappa shape index (κ2) is 4.75. The highest BCUT2D eigenvalue weighted by molar-refractivity contribution is 7.17. The number of hydrogen-bond acceptors (Lipinski definition) is 8. The Morgan fingerprint density at radius 2 is 2.33 bits per heavy atom. The molecule has 0 unspecified atom stereocenters. The number of aliphatic hydroxyl groups is 3. The molecule has 0 radical (unpaired) electrons. The monoisotopic (exact) mass is 313 g/mol. The van der Waals surface area contributed by atoms with E-state index < -0.39 is 30.5 Å². The van der Waals surface area contributed by atoms with Crippen LogP contribution in [0.1, 0.15) is 18.6 Å². The number of aliphatic hydroxyl groups excluding tert-OH is 2. The van der Waals surface area contributed by atoms with Crippen molar-refractivity contribution >= 4 is 27.5 Å². The molecule has 1 saturated heterocycles. The highest BCUT2D eigenvalue weighted by Gasteiger charge is 2.53. The summed E-state index contributed by atoms with van der Waals surface area (Å²) in [6, 6.07) is 0. The Labute approximate surface area is 122 Å². The van der Waals surface area contributed by atoms with E-state index in [0.29, 0.717) is 15.8 Å². The summed E-state index contributed by atoms with van der Waals surface area (Å²) in [5.74, 6) is -0.0379. The van der Waals surface area contributed by atoms with Gasteiger partial charge in [0.1, 0.15) is 28.6 Å². The van der Waals surface area contributed by atoms with Gasteiger partial charge < -0.3 is 25.8 Å². The number of nitrogens with zero attached hydrogens (tertiary/aromatic N) is 1. The minimum atomic E-state index is -1.61. The van der Waals surface area contributed by atoms with Crippen molar-refractivity contribution in [2.75, 3.05) is 12.3 Å². The molecule has 0 saturated carbocycles. The van der Waals surface area contributed by atoms with Gasteiger partial charge in [0.05, 0.1) is 12.1 Å². The van der Waals surface area contributed by atoms with Gasteiger partial charge >= 0.3 is 0 Å². The number of ether oxygens (including phenoxy) is 1. The van der Waals surface area contributed by atoms with Gasteiger partial charge in [-0.1, -0.05) is 0 Å². The van der Waals surface area contributed by atoms with Gasteiger partial charge in [0.15, 0.2) is 0 Å². The van der Waals surface area contributed by atoms with Crippen molar-refractivity contribution in [1.29, 1.82) is 0 Å². The Kier molecular flexibility index (Phi) is 3.26. The maximum absolute atomic E-state index is 11.8. The van der Waals surface area contributed by atoms with Gasteiger partial charge in [-0.3, -0.25) is 9.78 Å². The molecule has 9 heteroatoms. The minimum Gasteiger partial charge on any atom is -0.394 e. The van der Waals surface area contributed by atoms with Crippen LogP contribution in [0.25, 0.3) is 10.2 Å². The largest absolute Gasteiger partial charge is 0.394 e. The first-order valence-corrected chi connectivity index (χ1v) is 7.18. The number of rotatable bonds is 2. The third-order valence-corrected chi connectivity index (χ3v) is 4.71. The van der Waals surface area contributed by atoms with Crippen LogP contribution in [0.15, 0.2) is 10.2 Å². The van der Waals surface area contributed by atoms with E-state index in [0.717, 1.165) is 11.3 Å². The second-order valence-corrected chi connectivity index (χ2v) is 6.11. The standard InChI is InChI=1S/C12H15N3O5S/c1-12(19)8(17)5(2-16)20-9(12)4-3-21-7-6(4)14-11(13)15-10(7)18/h3,5,8-9,16-17,19H,2H2,1H3,(H3,13,14,15,18)/t5-,8-,9+,12+/m1/s1. The van der Waals surface area contributed by atoms with Gasteiger partial charge in [-0.15, -0.1) is 11.3 Å². The second-order valence-electron chi connectivity index (χ2n) is 5.23. The first kappa shape index (κ1) is 14.4. The molecule has 4 atom stereocenters. The van der Waals surface area contributed by atoms with Crippen LogP contribution in [0.4, 0.5) is 5.95 Å². The fraction of sp³-hybridized carbons (Fsp3) is 0.500. The van der Waals surface area contributed by atoms with E-state index in [9.17, 15) is 20.1 Å². The van der Waals surface area contributed by atoms with Crippen LogP contribution >= 0.6 is 11.3 Å². The summed E-state index contributed by atoms with van der Waals surface area (Å²) in [6.07, 6.45) is -3.06. The molecule has 0 aliphatic carbocycles. The Hall–Kier alpha value is -1.52. The lowest BCUT2D eigenvalue weighted by molar-refractivity contribution is -0.0640. The Bertz CT molecular complexity index is 740. The Balaban J connectivity index is 2.15. The number of H-pyrrole nitrogens is 1. The van der Waals surface area contributed by atoms with Crippen LogP contribution in [0, 0.1) is 0 Å². The topological polar surface area (TPSA) is 142 Å². The van der Waals surface area contributed by atoms with Gasteiger partial charge in [0, 0.05) is 5.56 Å². The summed E-state index contributed by atoms with van der Waals surface area (Å²) in [7, 11) is 0. The first-order chi connectivity index (χ1) is 9.86. The predicted molar refractivity (Wildman–Crippen MR) is 76.0 cm³/mol. The molecule has 2 aromatic heterocycles. The summed E-state index contributed by atoms with van der Waals surface area (Å²) in [6.45, 7) is 0.990. The number of hydrogen-bond donors (Lipinski definition) is 5. The molecule has 21 heavy (non-hydrogen) atoms. The van der Waals surface area contributed by atoms with Crippen molar-refractivity contribution in [2.24, 2.45) is 0 Å². The molecule has 8 nitrogen and oxygen atoms in total. The normalized spacial score (nSPS) is 32.9. The first-order valence-electron chi connectivity index (χ1n) is 6.30. The highest BCUT2D eigenvalue weighted by atomic mass is 32.1. The molecule has 2 aromatic rings. The van der Waals surface area contributed by atoms with E-state index >= 15 is 0 Å². The number of nitrogens with two attached hydrogens (primary N) is 1. The maximum Gasteiger partial charge on any atom is 0.270 e. The fourth-order valence-electron chi connectivity index (χ4n) is 2.60. The van der Waals surface area contributed by atoms with Crippen LogP contribution < -0.4 is 11.3 Å². The summed E-state index contributed by atoms with van der Waals surface area (Å²) in [5, 5.41) is 31.3. The van der Waals surface area contributed by atoms with E-state index in [1.165, 1.54) is 6.92 Å². The summed E-state index contributed by atoms with van der Waals surface area (Å²) >= 11 is 1.15. The van der Waals surface area contributed by atoms with Crippen LogP contribution in [-0.4, -0.2) is 49.7 Å². The van der Waals surface area contributed by atoms with Crippen molar-refractivity contribution in [3.63, 3.8) is 0 Å². The number of aromatic amines is 1.